The van der Waals surface area contributed by atoms with Gasteiger partial charge in [-0.15, -0.1) is 0 Å². The Bertz CT molecular complexity index is 321. The first-order valence-corrected chi connectivity index (χ1v) is 5.87. The Morgan fingerprint density at radius 3 is 2.36 bits per heavy atom. The first kappa shape index (κ1) is 11.4. The lowest BCUT2D eigenvalue weighted by Gasteiger charge is -2.40. The molecule has 0 unspecified atom stereocenters. The summed E-state index contributed by atoms with van der Waals surface area (Å²) < 4.78 is 23.4. The number of hydrogen-bond donors (Lipinski definition) is 3. The lowest BCUT2D eigenvalue weighted by molar-refractivity contribution is -0.141. The van der Waals surface area contributed by atoms with E-state index in [-0.39, 0.29) is 13.0 Å². The number of rotatable bonds is 5. The van der Waals surface area contributed by atoms with Crippen LogP contribution in [0.25, 0.3) is 0 Å². The number of aliphatic carboxylic acids is 1. The first-order chi connectivity index (χ1) is 6.33. The predicted molar refractivity (Wildman–Crippen MR) is 49.6 cm³/mol. The van der Waals surface area contributed by atoms with Gasteiger partial charge in [0.1, 0.15) is 0 Å². The number of hydrogen-bond acceptors (Lipinski definition) is 3. The van der Waals surface area contributed by atoms with Gasteiger partial charge in [-0.3, -0.25) is 4.79 Å². The van der Waals surface area contributed by atoms with Crippen LogP contribution in [0.1, 0.15) is 25.7 Å². The lowest BCUT2D eigenvalue weighted by Crippen LogP contribution is -2.45. The number of nitrogens with two attached hydrogens (primary N) is 1. The molecule has 0 heterocycles. The maximum Gasteiger partial charge on any atom is 0.303 e. The van der Waals surface area contributed by atoms with Gasteiger partial charge in [-0.25, -0.2) is 9.86 Å². The smallest absolute Gasteiger partial charge is 0.303 e. The maximum absolute atomic E-state index is 10.6. The highest BCUT2D eigenvalue weighted by atomic mass is 32.2. The average molecular weight is 222 g/mol. The number of carboxylic acid groups (broad SMARTS) is 1. The van der Waals surface area contributed by atoms with Crippen LogP contribution in [-0.2, 0) is 15.0 Å². The van der Waals surface area contributed by atoms with Crippen molar-refractivity contribution in [3.63, 3.8) is 0 Å². The van der Waals surface area contributed by atoms with Gasteiger partial charge in [-0.1, -0.05) is 6.42 Å². The molecule has 4 N–H and O–H groups in total. The van der Waals surface area contributed by atoms with Crippen LogP contribution in [-0.4, -0.2) is 26.0 Å². The fourth-order valence-electron chi connectivity index (χ4n) is 1.67. The van der Waals surface area contributed by atoms with E-state index in [1.807, 2.05) is 0 Å². The highest BCUT2D eigenvalue weighted by Crippen LogP contribution is 2.43. The van der Waals surface area contributed by atoms with E-state index < -0.39 is 21.6 Å². The molecule has 0 radical (unpaired) electrons. The Labute approximate surface area is 82.7 Å². The average Bonchev–Trinajstić information content (AvgIpc) is 1.92. The molecule has 1 saturated carbocycles. The number of carbonyl (C=O) groups is 1. The Kier molecular flexibility index (Phi) is 3.13. The van der Waals surface area contributed by atoms with Gasteiger partial charge in [0.2, 0.25) is 0 Å². The van der Waals surface area contributed by atoms with Crippen LogP contribution < -0.4 is 9.86 Å². The molecule has 0 aromatic heterocycles. The molecule has 1 rings (SSSR count). The third kappa shape index (κ3) is 3.24. The van der Waals surface area contributed by atoms with E-state index in [4.69, 9.17) is 10.2 Å². The number of nitrogens with one attached hydrogen (secondary N) is 1. The second-order valence-electron chi connectivity index (χ2n) is 3.79. The summed E-state index contributed by atoms with van der Waals surface area (Å²) in [7, 11) is -3.71. The van der Waals surface area contributed by atoms with Gasteiger partial charge in [-0.05, 0) is 18.3 Å². The molecule has 7 heteroatoms. The van der Waals surface area contributed by atoms with Gasteiger partial charge >= 0.3 is 5.97 Å². The van der Waals surface area contributed by atoms with Crippen LogP contribution >= 0.6 is 0 Å². The van der Waals surface area contributed by atoms with E-state index in [0.717, 1.165) is 19.3 Å². The molecular formula is C7H14N2O4S. The highest BCUT2D eigenvalue weighted by Gasteiger charge is 2.39. The second-order valence-corrected chi connectivity index (χ2v) is 5.17. The van der Waals surface area contributed by atoms with Crippen molar-refractivity contribution in [3.05, 3.63) is 0 Å². The zero-order chi connectivity index (χ0) is 10.8. The molecule has 1 aliphatic carbocycles. The fourth-order valence-corrected chi connectivity index (χ4v) is 2.17. The minimum absolute atomic E-state index is 0.00444. The maximum atomic E-state index is 10.6. The lowest BCUT2D eigenvalue weighted by atomic mass is 9.67. The van der Waals surface area contributed by atoms with Crippen molar-refractivity contribution in [1.29, 1.82) is 0 Å². The molecule has 0 saturated heterocycles. The second kappa shape index (κ2) is 3.84. The Morgan fingerprint density at radius 1 is 1.50 bits per heavy atom. The van der Waals surface area contributed by atoms with Gasteiger partial charge in [-0.2, -0.15) is 8.42 Å². The molecule has 0 aliphatic heterocycles. The van der Waals surface area contributed by atoms with E-state index in [9.17, 15) is 13.2 Å². The van der Waals surface area contributed by atoms with Crippen molar-refractivity contribution >= 4 is 16.2 Å². The summed E-state index contributed by atoms with van der Waals surface area (Å²) in [6.07, 6.45) is 2.42. The van der Waals surface area contributed by atoms with Crippen LogP contribution in [0.15, 0.2) is 0 Å². The van der Waals surface area contributed by atoms with Crippen LogP contribution in [0.4, 0.5) is 0 Å². The third-order valence-electron chi connectivity index (χ3n) is 2.59. The standard InChI is InChI=1S/C7H14N2O4S/c8-14(12,13)9-5-7(2-1-3-7)4-6(10)11/h9H,1-5H2,(H,10,11)(H2,8,12,13). The van der Waals surface area contributed by atoms with Crippen LogP contribution in [0.5, 0.6) is 0 Å². The van der Waals surface area contributed by atoms with E-state index in [1.54, 1.807) is 0 Å². The minimum Gasteiger partial charge on any atom is -0.481 e. The van der Waals surface area contributed by atoms with Crippen LogP contribution in [0, 0.1) is 5.41 Å². The molecule has 82 valence electrons. The summed E-state index contributed by atoms with van der Waals surface area (Å²) in [4.78, 5) is 10.5. The largest absolute Gasteiger partial charge is 0.481 e. The predicted octanol–water partition coefficient (Wildman–Crippen LogP) is -0.575. The molecule has 6 nitrogen and oxygen atoms in total. The Balaban J connectivity index is 2.50. The quantitative estimate of drug-likeness (QED) is 0.578. The summed E-state index contributed by atoms with van der Waals surface area (Å²) in [5.74, 6) is -0.902. The first-order valence-electron chi connectivity index (χ1n) is 4.32. The fraction of sp³-hybridized carbons (Fsp3) is 0.857. The molecule has 14 heavy (non-hydrogen) atoms. The molecule has 0 bridgehead atoms. The Morgan fingerprint density at radius 2 is 2.07 bits per heavy atom. The summed E-state index contributed by atoms with van der Waals surface area (Å²) in [5, 5.41) is 13.4. The normalized spacial score (nSPS) is 20.1. The van der Waals surface area contributed by atoms with Gasteiger partial charge in [0.15, 0.2) is 0 Å². The monoisotopic (exact) mass is 222 g/mol. The zero-order valence-corrected chi connectivity index (χ0v) is 8.51. The van der Waals surface area contributed by atoms with Crippen molar-refractivity contribution < 1.29 is 18.3 Å². The number of carboxylic acids is 1. The minimum atomic E-state index is -3.71. The topological polar surface area (TPSA) is 109 Å². The highest BCUT2D eigenvalue weighted by molar-refractivity contribution is 7.87. The van der Waals surface area contributed by atoms with Gasteiger partial charge < -0.3 is 5.11 Å². The molecule has 1 aliphatic rings. The molecule has 0 amide bonds. The molecular weight excluding hydrogens is 208 g/mol. The van der Waals surface area contributed by atoms with Gasteiger partial charge in [0, 0.05) is 6.54 Å². The summed E-state index contributed by atoms with van der Waals surface area (Å²) in [5.41, 5.74) is -0.418. The molecule has 1 fully saturated rings. The molecule has 0 aromatic rings. The van der Waals surface area contributed by atoms with E-state index in [2.05, 4.69) is 4.72 Å². The van der Waals surface area contributed by atoms with Crippen LogP contribution in [0.3, 0.4) is 0 Å². The van der Waals surface area contributed by atoms with Crippen molar-refractivity contribution in [2.75, 3.05) is 6.54 Å². The van der Waals surface area contributed by atoms with E-state index in [0.29, 0.717) is 0 Å². The third-order valence-corrected chi connectivity index (χ3v) is 3.14. The van der Waals surface area contributed by atoms with E-state index in [1.165, 1.54) is 0 Å². The van der Waals surface area contributed by atoms with Gasteiger partial charge in [0.25, 0.3) is 10.2 Å². The van der Waals surface area contributed by atoms with E-state index >= 15 is 0 Å². The molecule has 0 spiro atoms. The molecule has 0 aromatic carbocycles. The zero-order valence-electron chi connectivity index (χ0n) is 7.69. The van der Waals surface area contributed by atoms with Crippen molar-refractivity contribution in [3.8, 4) is 0 Å². The van der Waals surface area contributed by atoms with Crippen molar-refractivity contribution in [2.45, 2.75) is 25.7 Å². The van der Waals surface area contributed by atoms with Crippen LogP contribution in [0.2, 0.25) is 0 Å². The summed E-state index contributed by atoms with van der Waals surface area (Å²) >= 11 is 0. The summed E-state index contributed by atoms with van der Waals surface area (Å²) in [6, 6.07) is 0. The Hall–Kier alpha value is -0.660. The SMILES string of the molecule is NS(=O)(=O)NCC1(CC(=O)O)CCC1. The van der Waals surface area contributed by atoms with Crippen molar-refractivity contribution in [1.82, 2.24) is 4.72 Å². The molecule has 0 atom stereocenters. The van der Waals surface area contributed by atoms with Gasteiger partial charge in [0.05, 0.1) is 6.42 Å². The summed E-state index contributed by atoms with van der Waals surface area (Å²) in [6.45, 7) is 0.123. The van der Waals surface area contributed by atoms with Crippen molar-refractivity contribution in [2.24, 2.45) is 10.6 Å².